The molecule has 0 saturated heterocycles. The van der Waals surface area contributed by atoms with E-state index in [-0.39, 0.29) is 12.1 Å². The third kappa shape index (κ3) is 4.40. The zero-order valence-electron chi connectivity index (χ0n) is 12.4. The van der Waals surface area contributed by atoms with E-state index in [0.717, 1.165) is 9.87 Å². The van der Waals surface area contributed by atoms with E-state index in [4.69, 9.17) is 17.3 Å². The third-order valence-electron chi connectivity index (χ3n) is 3.30. The molecule has 3 N–H and O–H groups in total. The van der Waals surface area contributed by atoms with E-state index in [1.165, 1.54) is 12.1 Å². The van der Waals surface area contributed by atoms with Crippen molar-refractivity contribution in [3.8, 4) is 0 Å². The van der Waals surface area contributed by atoms with E-state index >= 15 is 0 Å². The van der Waals surface area contributed by atoms with Gasteiger partial charge in [-0.2, -0.15) is 0 Å². The van der Waals surface area contributed by atoms with Crippen molar-refractivity contribution in [3.63, 3.8) is 0 Å². The molecule has 0 radical (unpaired) electrons. The van der Waals surface area contributed by atoms with Gasteiger partial charge in [-0.05, 0) is 48.9 Å². The maximum Gasteiger partial charge on any atom is 0.332 e. The van der Waals surface area contributed by atoms with Crippen LogP contribution in [0, 0.1) is 0 Å². The molecule has 0 aliphatic heterocycles. The molecule has 0 bridgehead atoms. The summed E-state index contributed by atoms with van der Waals surface area (Å²) in [5.74, 6) is -0.525. The quantitative estimate of drug-likeness (QED) is 0.738. The van der Waals surface area contributed by atoms with E-state index in [1.807, 2.05) is 19.1 Å². The number of hydrogen-bond donors (Lipinski definition) is 3. The number of rotatable bonds is 4. The number of primary amides is 1. The molecule has 0 aliphatic rings. The number of nitrogens with two attached hydrogens (primary N) is 1. The van der Waals surface area contributed by atoms with Crippen LogP contribution < -0.4 is 15.4 Å². The highest BCUT2D eigenvalue weighted by atomic mass is 35.5. The average molecular weight is 350 g/mol. The lowest BCUT2D eigenvalue weighted by molar-refractivity contribution is 0.100. The normalized spacial score (nSPS) is 11.6. The number of halogens is 1. The van der Waals surface area contributed by atoms with Gasteiger partial charge >= 0.3 is 6.03 Å². The predicted molar refractivity (Wildman–Crippen MR) is 94.8 cm³/mol. The summed E-state index contributed by atoms with van der Waals surface area (Å²) in [7, 11) is 0. The zero-order valence-corrected chi connectivity index (χ0v) is 14.0. The first-order valence-electron chi connectivity index (χ1n) is 6.83. The molecule has 0 unspecified atom stereocenters. The molecule has 2 aromatic carbocycles. The Morgan fingerprint density at radius 2 is 1.70 bits per heavy atom. The number of carbonyl (C=O) groups excluding carboxylic acids is 2. The van der Waals surface area contributed by atoms with Gasteiger partial charge in [0.15, 0.2) is 0 Å². The SMILES string of the molecule is C[C@H](NC(=O)N(S)c1ccc(C(N)=O)cc1)c1ccc(Cl)cc1. The Morgan fingerprint density at radius 1 is 1.13 bits per heavy atom. The van der Waals surface area contributed by atoms with Crippen molar-refractivity contribution in [2.24, 2.45) is 5.73 Å². The van der Waals surface area contributed by atoms with Crippen LogP contribution in [0.3, 0.4) is 0 Å². The summed E-state index contributed by atoms with van der Waals surface area (Å²) in [5.41, 5.74) is 7.00. The maximum absolute atomic E-state index is 12.2. The Labute approximate surface area is 145 Å². The fourth-order valence-corrected chi connectivity index (χ4v) is 2.28. The second kappa shape index (κ2) is 7.39. The summed E-state index contributed by atoms with van der Waals surface area (Å²) < 4.78 is 1.16. The summed E-state index contributed by atoms with van der Waals surface area (Å²) in [6, 6.07) is 12.9. The van der Waals surface area contributed by atoms with Crippen LogP contribution in [0.4, 0.5) is 10.5 Å². The highest BCUT2D eigenvalue weighted by Crippen LogP contribution is 2.20. The molecule has 0 heterocycles. The first-order valence-corrected chi connectivity index (χ1v) is 7.61. The molecule has 1 atom stereocenters. The van der Waals surface area contributed by atoms with Crippen molar-refractivity contribution < 1.29 is 9.59 Å². The number of benzene rings is 2. The van der Waals surface area contributed by atoms with Gasteiger partial charge in [0.1, 0.15) is 0 Å². The topological polar surface area (TPSA) is 75.4 Å². The molecule has 3 amide bonds. The van der Waals surface area contributed by atoms with Gasteiger partial charge in [0.05, 0.1) is 11.7 Å². The van der Waals surface area contributed by atoms with E-state index in [0.29, 0.717) is 16.3 Å². The van der Waals surface area contributed by atoms with Crippen molar-refractivity contribution in [1.29, 1.82) is 0 Å². The number of hydrogen-bond acceptors (Lipinski definition) is 3. The van der Waals surface area contributed by atoms with Gasteiger partial charge in [0.25, 0.3) is 0 Å². The Hall–Kier alpha value is -2.18. The van der Waals surface area contributed by atoms with Crippen molar-refractivity contribution in [1.82, 2.24) is 5.32 Å². The van der Waals surface area contributed by atoms with Gasteiger partial charge in [0.2, 0.25) is 5.91 Å². The monoisotopic (exact) mass is 349 g/mol. The number of urea groups is 1. The molecule has 120 valence electrons. The van der Waals surface area contributed by atoms with Crippen LogP contribution >= 0.6 is 24.4 Å². The molecular formula is C16H16ClN3O2S. The summed E-state index contributed by atoms with van der Waals surface area (Å²) in [5, 5.41) is 3.46. The molecule has 0 saturated carbocycles. The van der Waals surface area contributed by atoms with Gasteiger partial charge in [-0.25, -0.2) is 9.10 Å². The zero-order chi connectivity index (χ0) is 17.0. The standard InChI is InChI=1S/C16H16ClN3O2S/c1-10(11-2-6-13(17)7-3-11)19-16(22)20(23)14-8-4-12(5-9-14)15(18)21/h2-10,23H,1H3,(H2,18,21)(H,19,22)/t10-/m0/s1. The predicted octanol–water partition coefficient (Wildman–Crippen LogP) is 3.56. The van der Waals surface area contributed by atoms with Crippen LogP contribution in [0.1, 0.15) is 28.9 Å². The summed E-state index contributed by atoms with van der Waals surface area (Å²) in [4.78, 5) is 23.3. The molecule has 0 aromatic heterocycles. The number of nitrogens with zero attached hydrogens (tertiary/aromatic N) is 1. The van der Waals surface area contributed by atoms with Crippen LogP contribution in [0.25, 0.3) is 0 Å². The maximum atomic E-state index is 12.2. The Morgan fingerprint density at radius 3 is 2.22 bits per heavy atom. The van der Waals surface area contributed by atoms with Crippen LogP contribution in [0.5, 0.6) is 0 Å². The molecule has 0 aliphatic carbocycles. The van der Waals surface area contributed by atoms with Crippen LogP contribution in [0.15, 0.2) is 48.5 Å². The van der Waals surface area contributed by atoms with E-state index in [9.17, 15) is 9.59 Å². The lowest BCUT2D eigenvalue weighted by atomic mass is 10.1. The fraction of sp³-hybridized carbons (Fsp3) is 0.125. The molecule has 0 fully saturated rings. The van der Waals surface area contributed by atoms with Gasteiger partial charge in [-0.15, -0.1) is 0 Å². The number of nitrogens with one attached hydrogen (secondary N) is 1. The van der Waals surface area contributed by atoms with Gasteiger partial charge in [0, 0.05) is 10.6 Å². The highest BCUT2D eigenvalue weighted by molar-refractivity contribution is 7.82. The minimum atomic E-state index is -0.525. The largest absolute Gasteiger partial charge is 0.366 e. The van der Waals surface area contributed by atoms with Crippen molar-refractivity contribution in [2.75, 3.05) is 4.31 Å². The third-order valence-corrected chi connectivity index (χ3v) is 3.96. The molecular weight excluding hydrogens is 334 g/mol. The molecule has 7 heteroatoms. The second-order valence-corrected chi connectivity index (χ2v) is 5.78. The van der Waals surface area contributed by atoms with E-state index < -0.39 is 5.91 Å². The average Bonchev–Trinajstić information content (AvgIpc) is 2.54. The first-order chi connectivity index (χ1) is 10.9. The van der Waals surface area contributed by atoms with Gasteiger partial charge < -0.3 is 11.1 Å². The summed E-state index contributed by atoms with van der Waals surface area (Å²) >= 11 is 10.0. The van der Waals surface area contributed by atoms with Crippen LogP contribution in [0.2, 0.25) is 5.02 Å². The molecule has 2 rings (SSSR count). The number of amides is 3. The van der Waals surface area contributed by atoms with E-state index in [2.05, 4.69) is 18.1 Å². The number of carbonyl (C=O) groups is 2. The molecule has 2 aromatic rings. The smallest absolute Gasteiger partial charge is 0.332 e. The van der Waals surface area contributed by atoms with Gasteiger partial charge in [-0.3, -0.25) is 4.79 Å². The summed E-state index contributed by atoms with van der Waals surface area (Å²) in [6.07, 6.45) is 0. The lowest BCUT2D eigenvalue weighted by Gasteiger charge is -2.20. The Balaban J connectivity index is 2.04. The minimum absolute atomic E-state index is 0.209. The van der Waals surface area contributed by atoms with Crippen LogP contribution in [-0.2, 0) is 0 Å². The van der Waals surface area contributed by atoms with Gasteiger partial charge in [-0.1, -0.05) is 36.5 Å². The molecule has 5 nitrogen and oxygen atoms in total. The van der Waals surface area contributed by atoms with Crippen molar-refractivity contribution in [2.45, 2.75) is 13.0 Å². The first kappa shape index (κ1) is 17.2. The van der Waals surface area contributed by atoms with Crippen molar-refractivity contribution in [3.05, 3.63) is 64.7 Å². The number of thiol groups is 1. The Bertz CT molecular complexity index is 704. The van der Waals surface area contributed by atoms with E-state index in [1.54, 1.807) is 24.3 Å². The molecule has 0 spiro atoms. The highest BCUT2D eigenvalue weighted by Gasteiger charge is 2.16. The van der Waals surface area contributed by atoms with Crippen molar-refractivity contribution >= 4 is 42.0 Å². The summed E-state index contributed by atoms with van der Waals surface area (Å²) in [6.45, 7) is 1.86. The lowest BCUT2D eigenvalue weighted by Crippen LogP contribution is -2.35. The van der Waals surface area contributed by atoms with Crippen LogP contribution in [-0.4, -0.2) is 11.9 Å². The number of anilines is 1. The fourth-order valence-electron chi connectivity index (χ4n) is 1.97. The Kier molecular flexibility index (Phi) is 5.52. The molecule has 23 heavy (non-hydrogen) atoms. The minimum Gasteiger partial charge on any atom is -0.366 e. The second-order valence-electron chi connectivity index (χ2n) is 4.95.